The average Bonchev–Trinajstić information content (AvgIpc) is 2.90. The number of amides is 1. The van der Waals surface area contributed by atoms with Gasteiger partial charge < -0.3 is 10.0 Å². The number of hydrogen-bond donors (Lipinski definition) is 1. The zero-order valence-corrected chi connectivity index (χ0v) is 13.6. The quantitative estimate of drug-likeness (QED) is 0.908. The molecule has 1 N–H and O–H groups in total. The van der Waals surface area contributed by atoms with Crippen molar-refractivity contribution >= 4 is 11.9 Å². The number of benzene rings is 1. The second kappa shape index (κ2) is 6.45. The third-order valence-electron chi connectivity index (χ3n) is 4.68. The summed E-state index contributed by atoms with van der Waals surface area (Å²) in [6, 6.07) is 5.17. The first kappa shape index (κ1) is 18.3. The van der Waals surface area contributed by atoms with Crippen molar-refractivity contribution in [2.45, 2.75) is 50.7 Å². The molecule has 132 valence electrons. The molecule has 1 aromatic carbocycles. The molecule has 1 saturated heterocycles. The number of carbonyl (C=O) groups is 2. The summed E-state index contributed by atoms with van der Waals surface area (Å²) in [5.74, 6) is -2.17. The Morgan fingerprint density at radius 3 is 2.54 bits per heavy atom. The van der Waals surface area contributed by atoms with Crippen molar-refractivity contribution in [1.29, 1.82) is 0 Å². The number of aliphatic carboxylic acids is 1. The maximum absolute atomic E-state index is 13.1. The Kier molecular flexibility index (Phi) is 4.92. The van der Waals surface area contributed by atoms with Crippen LogP contribution in [-0.2, 0) is 15.8 Å². The number of hydrogen-bond acceptors (Lipinski definition) is 2. The molecular weight excluding hydrogens is 323 g/mol. The lowest BCUT2D eigenvalue weighted by Crippen LogP contribution is -2.51. The zero-order chi connectivity index (χ0) is 18.1. The molecular formula is C17H20F3NO3. The van der Waals surface area contributed by atoms with E-state index in [4.69, 9.17) is 0 Å². The molecule has 0 saturated carbocycles. The van der Waals surface area contributed by atoms with Crippen LogP contribution in [-0.4, -0.2) is 34.0 Å². The Labute approximate surface area is 138 Å². The van der Waals surface area contributed by atoms with Gasteiger partial charge in [0.1, 0.15) is 5.54 Å². The molecule has 1 aliphatic heterocycles. The molecule has 7 heteroatoms. The molecule has 1 heterocycles. The van der Waals surface area contributed by atoms with Crippen LogP contribution < -0.4 is 0 Å². The van der Waals surface area contributed by atoms with Crippen LogP contribution in [0.1, 0.15) is 50.2 Å². The number of carboxylic acids is 1. The van der Waals surface area contributed by atoms with Gasteiger partial charge in [-0.1, -0.05) is 25.1 Å². The Bertz CT molecular complexity index is 644. The first-order chi connectivity index (χ1) is 11.1. The van der Waals surface area contributed by atoms with Crippen molar-refractivity contribution in [3.63, 3.8) is 0 Å². The van der Waals surface area contributed by atoms with Gasteiger partial charge in [0.05, 0.1) is 5.56 Å². The summed E-state index contributed by atoms with van der Waals surface area (Å²) in [5, 5.41) is 9.35. The van der Waals surface area contributed by atoms with E-state index in [2.05, 4.69) is 0 Å². The highest BCUT2D eigenvalue weighted by atomic mass is 19.4. The zero-order valence-electron chi connectivity index (χ0n) is 13.6. The largest absolute Gasteiger partial charge is 0.480 e. The minimum atomic E-state index is -4.49. The maximum atomic E-state index is 13.1. The van der Waals surface area contributed by atoms with E-state index >= 15 is 0 Å². The highest BCUT2D eigenvalue weighted by Crippen LogP contribution is 2.37. The number of alkyl halides is 3. The second-order valence-electron chi connectivity index (χ2n) is 6.42. The molecule has 4 nitrogen and oxygen atoms in total. The maximum Gasteiger partial charge on any atom is 0.416 e. The van der Waals surface area contributed by atoms with Gasteiger partial charge in [0.25, 0.3) is 0 Å². The average molecular weight is 343 g/mol. The lowest BCUT2D eigenvalue weighted by molar-refractivity contribution is -0.155. The first-order valence-electron chi connectivity index (χ1n) is 7.77. The van der Waals surface area contributed by atoms with E-state index in [0.29, 0.717) is 19.4 Å². The number of rotatable bonds is 4. The molecule has 1 amide bonds. The Hall–Kier alpha value is -2.05. The van der Waals surface area contributed by atoms with Crippen molar-refractivity contribution in [2.24, 2.45) is 0 Å². The van der Waals surface area contributed by atoms with Crippen molar-refractivity contribution in [3.05, 3.63) is 35.4 Å². The van der Waals surface area contributed by atoms with Gasteiger partial charge >= 0.3 is 12.1 Å². The Morgan fingerprint density at radius 2 is 1.96 bits per heavy atom. The number of halogens is 3. The van der Waals surface area contributed by atoms with Gasteiger partial charge in [0.15, 0.2) is 0 Å². The predicted molar refractivity (Wildman–Crippen MR) is 81.5 cm³/mol. The van der Waals surface area contributed by atoms with E-state index in [0.717, 1.165) is 6.07 Å². The fourth-order valence-corrected chi connectivity index (χ4v) is 3.25. The van der Waals surface area contributed by atoms with Crippen LogP contribution >= 0.6 is 0 Å². The van der Waals surface area contributed by atoms with Crippen LogP contribution in [0.15, 0.2) is 24.3 Å². The Morgan fingerprint density at radius 1 is 1.33 bits per heavy atom. The van der Waals surface area contributed by atoms with Gasteiger partial charge in [-0.2, -0.15) is 13.2 Å². The predicted octanol–water partition coefficient (Wildman–Crippen LogP) is 3.66. The number of nitrogens with zero attached hydrogens (tertiary/aromatic N) is 1. The van der Waals surface area contributed by atoms with Crippen LogP contribution in [0.5, 0.6) is 0 Å². The molecule has 0 aliphatic carbocycles. The van der Waals surface area contributed by atoms with E-state index in [1.54, 1.807) is 6.92 Å². The van der Waals surface area contributed by atoms with Gasteiger partial charge in [-0.3, -0.25) is 4.79 Å². The molecule has 0 aromatic heterocycles. The van der Waals surface area contributed by atoms with Crippen LogP contribution in [0.3, 0.4) is 0 Å². The first-order valence-corrected chi connectivity index (χ1v) is 7.77. The molecule has 1 fully saturated rings. The Balaban J connectivity index is 2.20. The number of carbonyl (C=O) groups excluding carboxylic acids is 1. The number of likely N-dealkylation sites (tertiary alicyclic amines) is 1. The molecule has 1 aliphatic rings. The lowest BCUT2D eigenvalue weighted by atomic mass is 9.91. The minimum Gasteiger partial charge on any atom is -0.480 e. The van der Waals surface area contributed by atoms with Gasteiger partial charge in [0.2, 0.25) is 5.91 Å². The van der Waals surface area contributed by atoms with Crippen LogP contribution in [0.4, 0.5) is 13.2 Å². The normalized spacial score (nSPS) is 22.5. The summed E-state index contributed by atoms with van der Waals surface area (Å²) in [7, 11) is 0. The standard InChI is InChI=1S/C17H20F3NO3/c1-11(12-6-3-4-7-13(12)17(18,19)20)10-14(22)21-9-5-8-16(21,2)15(23)24/h3-4,6-7,11H,5,8-10H2,1-2H3,(H,23,24). The molecule has 1 aromatic rings. The van der Waals surface area contributed by atoms with Gasteiger partial charge in [-0.25, -0.2) is 4.79 Å². The van der Waals surface area contributed by atoms with Gasteiger partial charge in [0, 0.05) is 13.0 Å². The molecule has 0 bridgehead atoms. The minimum absolute atomic E-state index is 0.0505. The van der Waals surface area contributed by atoms with E-state index in [1.807, 2.05) is 0 Å². The third-order valence-corrected chi connectivity index (χ3v) is 4.68. The molecule has 2 unspecified atom stereocenters. The summed E-state index contributed by atoms with van der Waals surface area (Å²) >= 11 is 0. The molecule has 2 atom stereocenters. The molecule has 24 heavy (non-hydrogen) atoms. The van der Waals surface area contributed by atoms with Crippen molar-refractivity contribution < 1.29 is 27.9 Å². The third kappa shape index (κ3) is 3.39. The highest BCUT2D eigenvalue weighted by Gasteiger charge is 2.46. The highest BCUT2D eigenvalue weighted by molar-refractivity contribution is 5.87. The summed E-state index contributed by atoms with van der Waals surface area (Å²) in [4.78, 5) is 25.2. The van der Waals surface area contributed by atoms with Crippen molar-refractivity contribution in [3.8, 4) is 0 Å². The smallest absolute Gasteiger partial charge is 0.416 e. The summed E-state index contributed by atoms with van der Waals surface area (Å²) in [5.41, 5.74) is -1.98. The fraction of sp³-hybridized carbons (Fsp3) is 0.529. The van der Waals surface area contributed by atoms with E-state index < -0.39 is 35.1 Å². The molecule has 2 rings (SSSR count). The topological polar surface area (TPSA) is 57.6 Å². The van der Waals surface area contributed by atoms with Gasteiger partial charge in [-0.15, -0.1) is 0 Å². The SMILES string of the molecule is CC(CC(=O)N1CCCC1(C)C(=O)O)c1ccccc1C(F)(F)F. The lowest BCUT2D eigenvalue weighted by Gasteiger charge is -2.32. The van der Waals surface area contributed by atoms with E-state index in [9.17, 15) is 27.9 Å². The number of carboxylic acid groups (broad SMARTS) is 1. The van der Waals surface area contributed by atoms with Crippen molar-refractivity contribution in [2.75, 3.05) is 6.54 Å². The summed E-state index contributed by atoms with van der Waals surface area (Å²) < 4.78 is 39.3. The summed E-state index contributed by atoms with van der Waals surface area (Å²) in [6.07, 6.45) is -3.73. The fourth-order valence-electron chi connectivity index (χ4n) is 3.25. The molecule has 0 radical (unpaired) electrons. The summed E-state index contributed by atoms with van der Waals surface area (Å²) in [6.45, 7) is 3.35. The van der Waals surface area contributed by atoms with Crippen LogP contribution in [0.2, 0.25) is 0 Å². The van der Waals surface area contributed by atoms with Gasteiger partial charge in [-0.05, 0) is 37.3 Å². The van der Waals surface area contributed by atoms with Crippen LogP contribution in [0, 0.1) is 0 Å². The van der Waals surface area contributed by atoms with E-state index in [-0.39, 0.29) is 12.0 Å². The monoisotopic (exact) mass is 343 g/mol. The molecule has 0 spiro atoms. The van der Waals surface area contributed by atoms with E-state index in [1.165, 1.54) is 30.0 Å². The van der Waals surface area contributed by atoms with Crippen molar-refractivity contribution in [1.82, 2.24) is 4.90 Å². The van der Waals surface area contributed by atoms with Crippen LogP contribution in [0.25, 0.3) is 0 Å². The second-order valence-corrected chi connectivity index (χ2v) is 6.42.